The van der Waals surface area contributed by atoms with Crippen molar-refractivity contribution < 1.29 is 18.7 Å². The molecule has 1 N–H and O–H groups in total. The molecule has 0 fully saturated rings. The van der Waals surface area contributed by atoms with Gasteiger partial charge in [-0.25, -0.2) is 9.18 Å². The molecule has 1 heterocycles. The second-order valence-electron chi connectivity index (χ2n) is 7.13. The number of carbonyl (C=O) groups is 1. The smallest absolute Gasteiger partial charge is 0.322 e. The van der Waals surface area contributed by atoms with Crippen molar-refractivity contribution in [2.75, 3.05) is 26.1 Å². The van der Waals surface area contributed by atoms with Crippen molar-refractivity contribution >= 4 is 11.7 Å². The lowest BCUT2D eigenvalue weighted by atomic mass is 9.88. The summed E-state index contributed by atoms with van der Waals surface area (Å²) >= 11 is 0. The van der Waals surface area contributed by atoms with Crippen LogP contribution in [-0.4, -0.2) is 31.7 Å². The molecule has 0 saturated heterocycles. The Kier molecular flexibility index (Phi) is 5.57. The van der Waals surface area contributed by atoms with Gasteiger partial charge in [-0.05, 0) is 35.2 Å². The van der Waals surface area contributed by atoms with Gasteiger partial charge in [-0.3, -0.25) is 0 Å². The zero-order chi connectivity index (χ0) is 21.1. The molecule has 6 heteroatoms. The van der Waals surface area contributed by atoms with Crippen LogP contribution in [0, 0.1) is 5.82 Å². The Balaban J connectivity index is 1.68. The fourth-order valence-electron chi connectivity index (χ4n) is 3.86. The van der Waals surface area contributed by atoms with Crippen LogP contribution in [-0.2, 0) is 6.42 Å². The van der Waals surface area contributed by atoms with E-state index in [4.69, 9.17) is 9.47 Å². The molecule has 1 unspecified atom stereocenters. The quantitative estimate of drug-likeness (QED) is 0.662. The minimum Gasteiger partial charge on any atom is -0.497 e. The van der Waals surface area contributed by atoms with Crippen LogP contribution in [0.15, 0.2) is 66.7 Å². The van der Waals surface area contributed by atoms with Gasteiger partial charge in [0.05, 0.1) is 20.3 Å². The fourth-order valence-corrected chi connectivity index (χ4v) is 3.86. The SMILES string of the molecule is COc1cc(NC(=O)N2CCc3ccccc3C2c2ccc(F)cc2)cc(OC)c1. The Morgan fingerprint density at radius 1 is 1.00 bits per heavy atom. The molecule has 0 bridgehead atoms. The summed E-state index contributed by atoms with van der Waals surface area (Å²) in [7, 11) is 3.12. The largest absolute Gasteiger partial charge is 0.497 e. The molecule has 0 aromatic heterocycles. The van der Waals surface area contributed by atoms with E-state index < -0.39 is 0 Å². The van der Waals surface area contributed by atoms with E-state index in [-0.39, 0.29) is 17.9 Å². The fraction of sp³-hybridized carbons (Fsp3) is 0.208. The third kappa shape index (κ3) is 3.94. The summed E-state index contributed by atoms with van der Waals surface area (Å²) in [6, 6.07) is 19.1. The summed E-state index contributed by atoms with van der Waals surface area (Å²) in [5.41, 5.74) is 3.68. The van der Waals surface area contributed by atoms with Crippen molar-refractivity contribution in [1.82, 2.24) is 4.90 Å². The zero-order valence-corrected chi connectivity index (χ0v) is 16.9. The van der Waals surface area contributed by atoms with E-state index in [1.807, 2.05) is 18.2 Å². The van der Waals surface area contributed by atoms with E-state index in [2.05, 4.69) is 11.4 Å². The molecule has 30 heavy (non-hydrogen) atoms. The Labute approximate surface area is 175 Å². The second-order valence-corrected chi connectivity index (χ2v) is 7.13. The van der Waals surface area contributed by atoms with Crippen molar-refractivity contribution in [3.05, 3.63) is 89.2 Å². The lowest BCUT2D eigenvalue weighted by Crippen LogP contribution is -2.43. The summed E-state index contributed by atoms with van der Waals surface area (Å²) in [6.07, 6.45) is 0.753. The first kappa shape index (κ1) is 19.8. The summed E-state index contributed by atoms with van der Waals surface area (Å²) in [5.74, 6) is 0.870. The number of halogens is 1. The number of hydrogen-bond donors (Lipinski definition) is 1. The molecular weight excluding hydrogens is 383 g/mol. The van der Waals surface area contributed by atoms with Gasteiger partial charge in [0, 0.05) is 30.4 Å². The lowest BCUT2D eigenvalue weighted by molar-refractivity contribution is 0.194. The monoisotopic (exact) mass is 406 g/mol. The topological polar surface area (TPSA) is 50.8 Å². The highest BCUT2D eigenvalue weighted by Gasteiger charge is 2.32. The van der Waals surface area contributed by atoms with E-state index in [1.165, 1.54) is 17.7 Å². The van der Waals surface area contributed by atoms with Gasteiger partial charge in [-0.2, -0.15) is 0 Å². The highest BCUT2D eigenvalue weighted by Crippen LogP contribution is 2.36. The van der Waals surface area contributed by atoms with Gasteiger partial charge in [0.25, 0.3) is 0 Å². The molecule has 0 radical (unpaired) electrons. The number of fused-ring (bicyclic) bond motifs is 1. The number of urea groups is 1. The van der Waals surface area contributed by atoms with Gasteiger partial charge in [0.2, 0.25) is 0 Å². The van der Waals surface area contributed by atoms with Gasteiger partial charge in [0.1, 0.15) is 17.3 Å². The molecule has 0 saturated carbocycles. The van der Waals surface area contributed by atoms with Crippen LogP contribution in [0.1, 0.15) is 22.7 Å². The molecule has 5 nitrogen and oxygen atoms in total. The molecular formula is C24H23FN2O3. The number of anilines is 1. The summed E-state index contributed by atoms with van der Waals surface area (Å²) in [4.78, 5) is 15.1. The van der Waals surface area contributed by atoms with Crippen LogP contribution < -0.4 is 14.8 Å². The number of nitrogens with one attached hydrogen (secondary N) is 1. The van der Waals surface area contributed by atoms with Crippen LogP contribution >= 0.6 is 0 Å². The van der Waals surface area contributed by atoms with Crippen LogP contribution in [0.5, 0.6) is 11.5 Å². The van der Waals surface area contributed by atoms with Crippen molar-refractivity contribution in [2.45, 2.75) is 12.5 Å². The summed E-state index contributed by atoms with van der Waals surface area (Å²) in [6.45, 7) is 0.548. The average molecular weight is 406 g/mol. The highest BCUT2D eigenvalue weighted by molar-refractivity contribution is 5.90. The molecule has 2 amide bonds. The predicted octanol–water partition coefficient (Wildman–Crippen LogP) is 5.02. The third-order valence-electron chi connectivity index (χ3n) is 5.33. The predicted molar refractivity (Wildman–Crippen MR) is 114 cm³/mol. The molecule has 3 aromatic carbocycles. The second kappa shape index (κ2) is 8.45. The first-order chi connectivity index (χ1) is 14.6. The molecule has 1 atom stereocenters. The number of hydrogen-bond acceptors (Lipinski definition) is 3. The molecule has 0 spiro atoms. The zero-order valence-electron chi connectivity index (χ0n) is 16.9. The van der Waals surface area contributed by atoms with Gasteiger partial charge >= 0.3 is 6.03 Å². The maximum Gasteiger partial charge on any atom is 0.322 e. The minimum absolute atomic E-state index is 0.242. The maximum absolute atomic E-state index is 13.5. The summed E-state index contributed by atoms with van der Waals surface area (Å²) in [5, 5.41) is 2.96. The Hall–Kier alpha value is -3.54. The average Bonchev–Trinajstić information content (AvgIpc) is 2.78. The lowest BCUT2D eigenvalue weighted by Gasteiger charge is -2.37. The Morgan fingerprint density at radius 3 is 2.33 bits per heavy atom. The van der Waals surface area contributed by atoms with Gasteiger partial charge < -0.3 is 19.7 Å². The van der Waals surface area contributed by atoms with Crippen molar-refractivity contribution in [3.63, 3.8) is 0 Å². The van der Waals surface area contributed by atoms with Crippen LogP contribution in [0.3, 0.4) is 0 Å². The number of benzene rings is 3. The van der Waals surface area contributed by atoms with Crippen LogP contribution in [0.4, 0.5) is 14.9 Å². The van der Waals surface area contributed by atoms with E-state index >= 15 is 0 Å². The number of rotatable bonds is 4. The van der Waals surface area contributed by atoms with E-state index in [9.17, 15) is 9.18 Å². The number of nitrogens with zero attached hydrogens (tertiary/aromatic N) is 1. The number of methoxy groups -OCH3 is 2. The van der Waals surface area contributed by atoms with E-state index in [0.29, 0.717) is 23.7 Å². The Morgan fingerprint density at radius 2 is 1.67 bits per heavy atom. The molecule has 3 aromatic rings. The summed E-state index contributed by atoms with van der Waals surface area (Å²) < 4.78 is 24.1. The molecule has 0 aliphatic carbocycles. The van der Waals surface area contributed by atoms with Gasteiger partial charge in [0.15, 0.2) is 0 Å². The van der Waals surface area contributed by atoms with Crippen molar-refractivity contribution in [3.8, 4) is 11.5 Å². The van der Waals surface area contributed by atoms with Crippen LogP contribution in [0.25, 0.3) is 0 Å². The number of amides is 2. The normalized spacial score (nSPS) is 15.3. The highest BCUT2D eigenvalue weighted by atomic mass is 19.1. The number of ether oxygens (including phenoxy) is 2. The van der Waals surface area contributed by atoms with Crippen LogP contribution in [0.2, 0.25) is 0 Å². The number of carbonyl (C=O) groups excluding carboxylic acids is 1. The van der Waals surface area contributed by atoms with Crippen molar-refractivity contribution in [1.29, 1.82) is 0 Å². The van der Waals surface area contributed by atoms with Crippen molar-refractivity contribution in [2.24, 2.45) is 0 Å². The molecule has 1 aliphatic rings. The standard InChI is InChI=1S/C24H23FN2O3/c1-29-20-13-19(14-21(15-20)30-2)26-24(28)27-12-11-16-5-3-4-6-22(16)23(27)17-7-9-18(25)10-8-17/h3-10,13-15,23H,11-12H2,1-2H3,(H,26,28). The molecule has 1 aliphatic heterocycles. The van der Waals surface area contributed by atoms with E-state index in [1.54, 1.807) is 49.5 Å². The van der Waals surface area contributed by atoms with E-state index in [0.717, 1.165) is 17.5 Å². The molecule has 154 valence electrons. The molecule has 4 rings (SSSR count). The first-order valence-electron chi connectivity index (χ1n) is 9.73. The maximum atomic E-state index is 13.5. The first-order valence-corrected chi connectivity index (χ1v) is 9.73. The van der Waals surface area contributed by atoms with Gasteiger partial charge in [-0.1, -0.05) is 36.4 Å². The minimum atomic E-state index is -0.303. The Bertz CT molecular complexity index is 1030. The van der Waals surface area contributed by atoms with Gasteiger partial charge in [-0.15, -0.1) is 0 Å². The third-order valence-corrected chi connectivity index (χ3v) is 5.33.